The summed E-state index contributed by atoms with van der Waals surface area (Å²) in [6, 6.07) is 12.5. The van der Waals surface area contributed by atoms with Crippen LogP contribution in [-0.4, -0.2) is 57.3 Å². The number of amides is 2. The first-order chi connectivity index (χ1) is 19.0. The van der Waals surface area contributed by atoms with Crippen LogP contribution >= 0.6 is 23.1 Å². The molecule has 202 valence electrons. The summed E-state index contributed by atoms with van der Waals surface area (Å²) in [4.78, 5) is 26.7. The van der Waals surface area contributed by atoms with Crippen molar-refractivity contribution in [3.05, 3.63) is 76.1 Å². The Kier molecular flexibility index (Phi) is 7.98. The van der Waals surface area contributed by atoms with E-state index in [9.17, 15) is 9.59 Å². The van der Waals surface area contributed by atoms with Gasteiger partial charge in [-0.05, 0) is 29.6 Å². The van der Waals surface area contributed by atoms with Crippen LogP contribution in [0.2, 0.25) is 0 Å². The summed E-state index contributed by atoms with van der Waals surface area (Å²) in [6.07, 6.45) is 1.98. The third-order valence-electron chi connectivity index (χ3n) is 6.17. The number of carbonyl (C=O) groups excluding carboxylic acids is 2. The number of thiophene rings is 1. The Morgan fingerprint density at radius 3 is 2.74 bits per heavy atom. The third kappa shape index (κ3) is 5.54. The molecule has 0 bridgehead atoms. The molecule has 13 heteroatoms. The van der Waals surface area contributed by atoms with Crippen molar-refractivity contribution in [2.24, 2.45) is 12.1 Å². The van der Waals surface area contributed by atoms with E-state index in [0.717, 1.165) is 16.2 Å². The second kappa shape index (κ2) is 11.7. The van der Waals surface area contributed by atoms with Gasteiger partial charge in [-0.15, -0.1) is 21.5 Å². The first kappa shape index (κ1) is 26.5. The van der Waals surface area contributed by atoms with Crippen LogP contribution in [0.1, 0.15) is 39.3 Å². The fraction of sp³-hybridized carbons (Fsp3) is 0.269. The number of nitrogens with one attached hydrogen (secondary N) is 1. The standard InChI is InChI=1S/C26H26N6O5S2/c1-31-22(14-27-25(34)20-9-5-11-37-20)28-29-26(31)39-15-23(33)32-18(13-17(30-32)21-10-6-12-38-21)16-7-4-8-19(35-2)24(16)36-3/h4-12,18H,13-15H2,1-3H3,(H,27,34)/t18-/m0/s1. The van der Waals surface area contributed by atoms with Gasteiger partial charge in [0.2, 0.25) is 0 Å². The molecule has 3 aromatic heterocycles. The van der Waals surface area contributed by atoms with E-state index in [1.165, 1.54) is 23.0 Å². The Bertz CT molecular complexity index is 1480. The topological polar surface area (TPSA) is 124 Å². The number of ether oxygens (including phenoxy) is 2. The number of nitrogens with zero attached hydrogens (tertiary/aromatic N) is 5. The molecule has 11 nitrogen and oxygen atoms in total. The minimum absolute atomic E-state index is 0.0920. The molecular weight excluding hydrogens is 540 g/mol. The molecule has 1 aliphatic rings. The van der Waals surface area contributed by atoms with Crippen molar-refractivity contribution in [1.29, 1.82) is 0 Å². The average Bonchev–Trinajstić information content (AvgIpc) is 3.77. The first-order valence-corrected chi connectivity index (χ1v) is 13.8. The molecule has 0 fully saturated rings. The number of methoxy groups -OCH3 is 2. The van der Waals surface area contributed by atoms with E-state index in [4.69, 9.17) is 19.0 Å². The van der Waals surface area contributed by atoms with E-state index >= 15 is 0 Å². The third-order valence-corrected chi connectivity index (χ3v) is 8.09. The molecule has 0 aliphatic carbocycles. The Hall–Kier alpha value is -4.10. The van der Waals surface area contributed by atoms with E-state index in [0.29, 0.717) is 28.9 Å². The van der Waals surface area contributed by atoms with Crippen molar-refractivity contribution in [3.63, 3.8) is 0 Å². The number of hydrogen-bond donors (Lipinski definition) is 1. The summed E-state index contributed by atoms with van der Waals surface area (Å²) >= 11 is 2.83. The maximum atomic E-state index is 13.5. The second-order valence-electron chi connectivity index (χ2n) is 8.47. The number of carbonyl (C=O) groups is 2. The van der Waals surface area contributed by atoms with Gasteiger partial charge in [0.25, 0.3) is 11.8 Å². The first-order valence-electron chi connectivity index (χ1n) is 12.0. The molecule has 1 aromatic carbocycles. The molecule has 39 heavy (non-hydrogen) atoms. The van der Waals surface area contributed by atoms with Gasteiger partial charge in [0.05, 0.1) is 49.4 Å². The lowest BCUT2D eigenvalue weighted by molar-refractivity contribution is -0.130. The number of benzene rings is 1. The quantitative estimate of drug-likeness (QED) is 0.287. The van der Waals surface area contributed by atoms with Gasteiger partial charge in [-0.2, -0.15) is 5.10 Å². The van der Waals surface area contributed by atoms with E-state index in [1.807, 2.05) is 35.7 Å². The van der Waals surface area contributed by atoms with Crippen LogP contribution in [0.5, 0.6) is 11.5 Å². The van der Waals surface area contributed by atoms with Crippen LogP contribution < -0.4 is 14.8 Å². The van der Waals surface area contributed by atoms with Gasteiger partial charge in [0, 0.05) is 19.0 Å². The minimum Gasteiger partial charge on any atom is -0.493 e. The minimum atomic E-state index is -0.355. The highest BCUT2D eigenvalue weighted by Crippen LogP contribution is 2.42. The maximum Gasteiger partial charge on any atom is 0.287 e. The fourth-order valence-corrected chi connectivity index (χ4v) is 5.72. The molecule has 5 rings (SSSR count). The molecule has 0 saturated carbocycles. The highest BCUT2D eigenvalue weighted by atomic mass is 32.2. The van der Waals surface area contributed by atoms with Crippen LogP contribution in [0, 0.1) is 0 Å². The summed E-state index contributed by atoms with van der Waals surface area (Å²) in [5.74, 6) is 1.49. The predicted molar refractivity (Wildman–Crippen MR) is 146 cm³/mol. The number of hydrogen-bond acceptors (Lipinski definition) is 10. The Balaban J connectivity index is 1.31. The van der Waals surface area contributed by atoms with Gasteiger partial charge in [0.1, 0.15) is 0 Å². The summed E-state index contributed by atoms with van der Waals surface area (Å²) in [5, 5.41) is 19.9. The number of furan rings is 1. The number of aromatic nitrogens is 3. The second-order valence-corrected chi connectivity index (χ2v) is 10.4. The van der Waals surface area contributed by atoms with Crippen LogP contribution in [0.25, 0.3) is 0 Å². The number of hydrazone groups is 1. The summed E-state index contributed by atoms with van der Waals surface area (Å²) in [5.41, 5.74) is 1.66. The Labute approximate surface area is 232 Å². The van der Waals surface area contributed by atoms with Crippen molar-refractivity contribution in [3.8, 4) is 11.5 Å². The van der Waals surface area contributed by atoms with E-state index in [2.05, 4.69) is 15.5 Å². The highest BCUT2D eigenvalue weighted by Gasteiger charge is 2.36. The van der Waals surface area contributed by atoms with Crippen LogP contribution in [0.15, 0.2) is 68.8 Å². The van der Waals surface area contributed by atoms with E-state index < -0.39 is 0 Å². The Morgan fingerprint density at radius 1 is 1.15 bits per heavy atom. The zero-order chi connectivity index (χ0) is 27.4. The van der Waals surface area contributed by atoms with Gasteiger partial charge in [0.15, 0.2) is 28.2 Å². The van der Waals surface area contributed by atoms with Crippen molar-refractivity contribution in [1.82, 2.24) is 25.1 Å². The Morgan fingerprint density at radius 2 is 2.03 bits per heavy atom. The molecule has 0 radical (unpaired) electrons. The zero-order valence-electron chi connectivity index (χ0n) is 21.5. The summed E-state index contributed by atoms with van der Waals surface area (Å²) < 4.78 is 18.0. The van der Waals surface area contributed by atoms with Crippen molar-refractivity contribution >= 4 is 40.6 Å². The van der Waals surface area contributed by atoms with Crippen LogP contribution in [-0.2, 0) is 18.4 Å². The highest BCUT2D eigenvalue weighted by molar-refractivity contribution is 7.99. The SMILES string of the molecule is COc1cccc([C@@H]2CC(c3cccs3)=NN2C(=O)CSc2nnc(CNC(=O)c3ccco3)n2C)c1OC. The van der Waals surface area contributed by atoms with Gasteiger partial charge < -0.3 is 23.8 Å². The number of thioether (sulfide) groups is 1. The van der Waals surface area contributed by atoms with Crippen molar-refractivity contribution in [2.75, 3.05) is 20.0 Å². The van der Waals surface area contributed by atoms with Gasteiger partial charge in [-0.3, -0.25) is 9.59 Å². The lowest BCUT2D eigenvalue weighted by Gasteiger charge is -2.24. The zero-order valence-corrected chi connectivity index (χ0v) is 23.1. The van der Waals surface area contributed by atoms with E-state index in [1.54, 1.807) is 49.3 Å². The lowest BCUT2D eigenvalue weighted by atomic mass is 9.99. The molecule has 1 N–H and O–H groups in total. The fourth-order valence-electron chi connectivity index (χ4n) is 4.22. The van der Waals surface area contributed by atoms with Crippen molar-refractivity contribution in [2.45, 2.75) is 24.2 Å². The van der Waals surface area contributed by atoms with Crippen LogP contribution in [0.4, 0.5) is 0 Å². The molecule has 0 saturated heterocycles. The molecule has 2 amide bonds. The van der Waals surface area contributed by atoms with Crippen molar-refractivity contribution < 1.29 is 23.5 Å². The van der Waals surface area contributed by atoms with Gasteiger partial charge in [-0.1, -0.05) is 30.0 Å². The number of rotatable bonds is 10. The molecular formula is C26H26N6O5S2. The molecule has 1 aliphatic heterocycles. The van der Waals surface area contributed by atoms with Gasteiger partial charge in [-0.25, -0.2) is 5.01 Å². The normalized spacial score (nSPS) is 14.8. The lowest BCUT2D eigenvalue weighted by Crippen LogP contribution is -2.29. The van der Waals surface area contributed by atoms with E-state index in [-0.39, 0.29) is 35.9 Å². The monoisotopic (exact) mass is 566 g/mol. The molecule has 4 heterocycles. The molecule has 1 atom stereocenters. The molecule has 0 unspecified atom stereocenters. The predicted octanol–water partition coefficient (Wildman–Crippen LogP) is 3.89. The largest absolute Gasteiger partial charge is 0.493 e. The van der Waals surface area contributed by atoms with Crippen LogP contribution in [0.3, 0.4) is 0 Å². The smallest absolute Gasteiger partial charge is 0.287 e. The number of para-hydroxylation sites is 1. The van der Waals surface area contributed by atoms with Gasteiger partial charge >= 0.3 is 0 Å². The average molecular weight is 567 g/mol. The molecule has 4 aromatic rings. The molecule has 0 spiro atoms. The maximum absolute atomic E-state index is 13.5. The summed E-state index contributed by atoms with van der Waals surface area (Å²) in [6.45, 7) is 0.163. The summed E-state index contributed by atoms with van der Waals surface area (Å²) in [7, 11) is 4.96.